The molecule has 0 spiro atoms. The molecular weight excluding hydrogens is 228 g/mol. The van der Waals surface area contributed by atoms with Gasteiger partial charge in [-0.3, -0.25) is 4.79 Å². The number of carbonyl (C=O) groups excluding carboxylic acids is 1. The molecular formula is C14H20N2O2. The van der Waals surface area contributed by atoms with Crippen LogP contribution in [0.15, 0.2) is 24.3 Å². The Hall–Kier alpha value is -1.39. The van der Waals surface area contributed by atoms with Crippen molar-refractivity contribution in [3.05, 3.63) is 35.4 Å². The number of carbonyl (C=O) groups is 1. The lowest BCUT2D eigenvalue weighted by Gasteiger charge is -2.13. The van der Waals surface area contributed by atoms with E-state index in [-0.39, 0.29) is 11.9 Å². The molecule has 3 N–H and O–H groups in total. The van der Waals surface area contributed by atoms with Crippen molar-refractivity contribution in [1.82, 2.24) is 10.6 Å². The average Bonchev–Trinajstić information content (AvgIpc) is 2.83. The number of nitrogens with one attached hydrogen (secondary N) is 2. The van der Waals surface area contributed by atoms with Crippen LogP contribution in [0.3, 0.4) is 0 Å². The van der Waals surface area contributed by atoms with Gasteiger partial charge in [0.1, 0.15) is 0 Å². The van der Waals surface area contributed by atoms with E-state index < -0.39 is 6.10 Å². The van der Waals surface area contributed by atoms with Crippen LogP contribution in [0.5, 0.6) is 0 Å². The number of rotatable bonds is 4. The summed E-state index contributed by atoms with van der Waals surface area (Å²) in [6.45, 7) is 3.16. The van der Waals surface area contributed by atoms with Crippen molar-refractivity contribution in [3.63, 3.8) is 0 Å². The third-order valence-electron chi connectivity index (χ3n) is 3.38. The first kappa shape index (κ1) is 13.1. The molecule has 1 heterocycles. The highest BCUT2D eigenvalue weighted by Crippen LogP contribution is 2.10. The molecule has 0 unspecified atom stereocenters. The fourth-order valence-electron chi connectivity index (χ4n) is 2.30. The molecule has 1 amide bonds. The summed E-state index contributed by atoms with van der Waals surface area (Å²) in [5.74, 6) is -0.0301. The number of β-amino-alcohol motifs (C(OH)–C–C–N with tert-alkyl or cyclic N) is 1. The highest BCUT2D eigenvalue weighted by Gasteiger charge is 2.27. The summed E-state index contributed by atoms with van der Waals surface area (Å²) in [6, 6.07) is 7.86. The van der Waals surface area contributed by atoms with Gasteiger partial charge in [-0.1, -0.05) is 31.2 Å². The summed E-state index contributed by atoms with van der Waals surface area (Å²) in [5, 5.41) is 15.3. The maximum Gasteiger partial charge on any atom is 0.237 e. The van der Waals surface area contributed by atoms with Crippen molar-refractivity contribution in [2.75, 3.05) is 6.54 Å². The molecule has 4 nitrogen and oxygen atoms in total. The Morgan fingerprint density at radius 1 is 1.44 bits per heavy atom. The highest BCUT2D eigenvalue weighted by atomic mass is 16.3. The lowest BCUT2D eigenvalue weighted by atomic mass is 10.1. The number of aliphatic hydroxyl groups excluding tert-OH is 1. The van der Waals surface area contributed by atoms with Crippen molar-refractivity contribution < 1.29 is 9.90 Å². The summed E-state index contributed by atoms with van der Waals surface area (Å²) in [5.41, 5.74) is 2.42. The normalized spacial score (nSPS) is 23.0. The topological polar surface area (TPSA) is 61.4 Å². The first-order valence-corrected chi connectivity index (χ1v) is 6.46. The van der Waals surface area contributed by atoms with E-state index in [9.17, 15) is 9.90 Å². The fraction of sp³-hybridized carbons (Fsp3) is 0.500. The maximum absolute atomic E-state index is 11.9. The third-order valence-corrected chi connectivity index (χ3v) is 3.38. The number of benzene rings is 1. The van der Waals surface area contributed by atoms with E-state index >= 15 is 0 Å². The quantitative estimate of drug-likeness (QED) is 0.731. The minimum Gasteiger partial charge on any atom is -0.392 e. The van der Waals surface area contributed by atoms with Crippen LogP contribution >= 0.6 is 0 Å². The molecule has 1 aliphatic rings. The van der Waals surface area contributed by atoms with E-state index in [2.05, 4.69) is 23.6 Å². The van der Waals surface area contributed by atoms with Gasteiger partial charge in [-0.15, -0.1) is 0 Å². The van der Waals surface area contributed by atoms with Crippen LogP contribution in [0, 0.1) is 0 Å². The molecule has 0 radical (unpaired) electrons. The lowest BCUT2D eigenvalue weighted by molar-refractivity contribution is -0.123. The third kappa shape index (κ3) is 3.09. The van der Waals surface area contributed by atoms with Crippen LogP contribution < -0.4 is 10.6 Å². The second-order valence-corrected chi connectivity index (χ2v) is 4.69. The van der Waals surface area contributed by atoms with Gasteiger partial charge in [0.2, 0.25) is 5.91 Å². The van der Waals surface area contributed by atoms with Crippen molar-refractivity contribution in [1.29, 1.82) is 0 Å². The predicted octanol–water partition coefficient (Wildman–Crippen LogP) is 0.588. The summed E-state index contributed by atoms with van der Waals surface area (Å²) >= 11 is 0. The Bertz CT molecular complexity index is 420. The molecule has 0 aromatic heterocycles. The number of amides is 1. The van der Waals surface area contributed by atoms with Gasteiger partial charge in [0.15, 0.2) is 0 Å². The first-order valence-electron chi connectivity index (χ1n) is 6.46. The summed E-state index contributed by atoms with van der Waals surface area (Å²) < 4.78 is 0. The van der Waals surface area contributed by atoms with Gasteiger partial charge in [-0.05, 0) is 24.0 Å². The largest absolute Gasteiger partial charge is 0.392 e. The van der Waals surface area contributed by atoms with Gasteiger partial charge in [-0.2, -0.15) is 0 Å². The molecule has 0 aliphatic carbocycles. The number of aliphatic hydroxyl groups is 1. The molecule has 2 rings (SSSR count). The van der Waals surface area contributed by atoms with Gasteiger partial charge in [0, 0.05) is 13.1 Å². The molecule has 0 saturated carbocycles. The van der Waals surface area contributed by atoms with Crippen LogP contribution in [0.25, 0.3) is 0 Å². The highest BCUT2D eigenvalue weighted by molar-refractivity contribution is 5.82. The van der Waals surface area contributed by atoms with E-state index in [0.29, 0.717) is 19.5 Å². The Kier molecular flexibility index (Phi) is 4.33. The zero-order chi connectivity index (χ0) is 13.0. The number of aryl methyl sites for hydroxylation is 1. The van der Waals surface area contributed by atoms with Crippen LogP contribution in [0.2, 0.25) is 0 Å². The van der Waals surface area contributed by atoms with Crippen molar-refractivity contribution in [2.45, 2.75) is 38.5 Å². The van der Waals surface area contributed by atoms with E-state index in [1.807, 2.05) is 18.2 Å². The molecule has 18 heavy (non-hydrogen) atoms. The number of hydrogen-bond donors (Lipinski definition) is 3. The molecule has 4 heteroatoms. The summed E-state index contributed by atoms with van der Waals surface area (Å²) in [7, 11) is 0. The SMILES string of the molecule is CCc1ccccc1CNC(=O)[C@H]1C[C@H](O)CN1. The van der Waals surface area contributed by atoms with Gasteiger partial charge in [-0.25, -0.2) is 0 Å². The van der Waals surface area contributed by atoms with Gasteiger partial charge in [0.25, 0.3) is 0 Å². The first-order chi connectivity index (χ1) is 8.70. The minimum absolute atomic E-state index is 0.0301. The van der Waals surface area contributed by atoms with Gasteiger partial charge < -0.3 is 15.7 Å². The molecule has 1 saturated heterocycles. The Morgan fingerprint density at radius 2 is 2.17 bits per heavy atom. The smallest absolute Gasteiger partial charge is 0.237 e. The van der Waals surface area contributed by atoms with Gasteiger partial charge in [0.05, 0.1) is 12.1 Å². The van der Waals surface area contributed by atoms with Crippen molar-refractivity contribution in [2.24, 2.45) is 0 Å². The summed E-state index contributed by atoms with van der Waals surface area (Å²) in [4.78, 5) is 11.9. The van der Waals surface area contributed by atoms with Crippen molar-refractivity contribution >= 4 is 5.91 Å². The Labute approximate surface area is 107 Å². The Morgan fingerprint density at radius 3 is 2.78 bits per heavy atom. The second kappa shape index (κ2) is 5.98. The van der Waals surface area contributed by atoms with Crippen LogP contribution in [0.1, 0.15) is 24.5 Å². The van der Waals surface area contributed by atoms with E-state index in [0.717, 1.165) is 12.0 Å². The monoisotopic (exact) mass is 248 g/mol. The van der Waals surface area contributed by atoms with E-state index in [1.165, 1.54) is 5.56 Å². The van der Waals surface area contributed by atoms with E-state index in [4.69, 9.17) is 0 Å². The predicted molar refractivity (Wildman–Crippen MR) is 70.1 cm³/mol. The van der Waals surface area contributed by atoms with Gasteiger partial charge >= 0.3 is 0 Å². The van der Waals surface area contributed by atoms with Crippen LogP contribution in [-0.4, -0.2) is 29.7 Å². The molecule has 2 atom stereocenters. The zero-order valence-corrected chi connectivity index (χ0v) is 10.6. The lowest BCUT2D eigenvalue weighted by Crippen LogP contribution is -2.40. The molecule has 1 aromatic carbocycles. The van der Waals surface area contributed by atoms with Crippen LogP contribution in [0.4, 0.5) is 0 Å². The zero-order valence-electron chi connectivity index (χ0n) is 10.6. The molecule has 1 fully saturated rings. The fourth-order valence-corrected chi connectivity index (χ4v) is 2.30. The minimum atomic E-state index is -0.399. The molecule has 1 aromatic rings. The maximum atomic E-state index is 11.9. The van der Waals surface area contributed by atoms with Crippen molar-refractivity contribution in [3.8, 4) is 0 Å². The van der Waals surface area contributed by atoms with Crippen LogP contribution in [-0.2, 0) is 17.8 Å². The summed E-state index contributed by atoms with van der Waals surface area (Å²) in [6.07, 6.45) is 1.07. The average molecular weight is 248 g/mol. The van der Waals surface area contributed by atoms with E-state index in [1.54, 1.807) is 0 Å². The Balaban J connectivity index is 1.89. The standard InChI is InChI=1S/C14H20N2O2/c1-2-10-5-3-4-6-11(10)8-16-14(18)13-7-12(17)9-15-13/h3-6,12-13,15,17H,2,7-9H2,1H3,(H,16,18)/t12-,13+/m0/s1. The molecule has 98 valence electrons. The molecule has 1 aliphatic heterocycles. The molecule has 0 bridgehead atoms. The second-order valence-electron chi connectivity index (χ2n) is 4.69. The number of hydrogen-bond acceptors (Lipinski definition) is 3.